The fraction of sp³-hybridized carbons (Fsp3) is 0.462. The van der Waals surface area contributed by atoms with Crippen molar-refractivity contribution >= 4 is 27.5 Å². The van der Waals surface area contributed by atoms with E-state index >= 15 is 0 Å². The number of nitrogens with one attached hydrogen (secondary N) is 1. The third kappa shape index (κ3) is 2.84. The second-order valence-corrected chi connectivity index (χ2v) is 5.65. The molecule has 98 valence electrons. The number of hydrogen-bond donors (Lipinski definition) is 3. The van der Waals surface area contributed by atoms with Gasteiger partial charge in [0.05, 0.1) is 5.56 Å². The quantitative estimate of drug-likeness (QED) is 0.796. The van der Waals surface area contributed by atoms with E-state index in [4.69, 9.17) is 11.5 Å². The summed E-state index contributed by atoms with van der Waals surface area (Å²) in [7, 11) is 0. The van der Waals surface area contributed by atoms with Gasteiger partial charge in [-0.15, -0.1) is 0 Å². The highest BCUT2D eigenvalue weighted by Crippen LogP contribution is 2.29. The number of primary amides is 1. The Hall–Kier alpha value is -1.07. The van der Waals surface area contributed by atoms with Crippen LogP contribution in [0.1, 0.15) is 29.6 Å². The zero-order valence-corrected chi connectivity index (χ0v) is 11.7. The molecule has 5 N–H and O–H groups in total. The van der Waals surface area contributed by atoms with Crippen LogP contribution in [-0.2, 0) is 0 Å². The highest BCUT2D eigenvalue weighted by atomic mass is 79.9. The lowest BCUT2D eigenvalue weighted by Crippen LogP contribution is -2.30. The third-order valence-electron chi connectivity index (χ3n) is 3.55. The lowest BCUT2D eigenvalue weighted by Gasteiger charge is -2.22. The molecule has 1 aromatic rings. The smallest absolute Gasteiger partial charge is 0.250 e. The summed E-state index contributed by atoms with van der Waals surface area (Å²) in [5, 5.41) is 3.42. The Morgan fingerprint density at radius 3 is 2.89 bits per heavy atom. The van der Waals surface area contributed by atoms with E-state index in [0.29, 0.717) is 24.1 Å². The van der Waals surface area contributed by atoms with Gasteiger partial charge in [-0.05, 0) is 43.5 Å². The molecule has 5 heteroatoms. The van der Waals surface area contributed by atoms with Crippen LogP contribution in [0.25, 0.3) is 0 Å². The molecule has 0 radical (unpaired) electrons. The number of anilines is 1. The molecule has 0 spiro atoms. The SMILES string of the molecule is NCC1CCCC1Nc1ccc(Br)cc1C(N)=O. The van der Waals surface area contributed by atoms with Crippen LogP contribution in [0, 0.1) is 5.92 Å². The molecule has 0 aliphatic heterocycles. The first-order valence-electron chi connectivity index (χ1n) is 6.17. The Morgan fingerprint density at radius 1 is 1.44 bits per heavy atom. The molecule has 1 aliphatic carbocycles. The van der Waals surface area contributed by atoms with Crippen LogP contribution in [0.5, 0.6) is 0 Å². The summed E-state index contributed by atoms with van der Waals surface area (Å²) in [5.74, 6) is 0.0652. The van der Waals surface area contributed by atoms with Crippen LogP contribution in [0.15, 0.2) is 22.7 Å². The van der Waals surface area contributed by atoms with E-state index < -0.39 is 5.91 Å². The molecule has 4 nitrogen and oxygen atoms in total. The van der Waals surface area contributed by atoms with Crippen molar-refractivity contribution in [1.29, 1.82) is 0 Å². The zero-order valence-electron chi connectivity index (χ0n) is 10.2. The lowest BCUT2D eigenvalue weighted by atomic mass is 10.0. The first-order valence-corrected chi connectivity index (χ1v) is 6.97. The summed E-state index contributed by atoms with van der Waals surface area (Å²) in [6.45, 7) is 0.681. The van der Waals surface area contributed by atoms with Gasteiger partial charge in [-0.3, -0.25) is 4.79 Å². The number of amides is 1. The van der Waals surface area contributed by atoms with Crippen molar-refractivity contribution in [2.45, 2.75) is 25.3 Å². The molecule has 2 rings (SSSR count). The standard InChI is InChI=1S/C13H18BrN3O/c14-9-4-5-12(10(6-9)13(16)18)17-11-3-1-2-8(11)7-15/h4-6,8,11,17H,1-3,7,15H2,(H2,16,18). The van der Waals surface area contributed by atoms with Crippen LogP contribution in [0.4, 0.5) is 5.69 Å². The van der Waals surface area contributed by atoms with Crippen LogP contribution in [0.2, 0.25) is 0 Å². The molecular weight excluding hydrogens is 294 g/mol. The molecular formula is C13H18BrN3O. The molecule has 1 aliphatic rings. The minimum atomic E-state index is -0.416. The maximum atomic E-state index is 11.4. The molecule has 1 amide bonds. The van der Waals surface area contributed by atoms with Gasteiger partial charge in [0.15, 0.2) is 0 Å². The molecule has 0 heterocycles. The fourth-order valence-electron chi connectivity index (χ4n) is 2.55. The van der Waals surface area contributed by atoms with Crippen molar-refractivity contribution in [1.82, 2.24) is 0 Å². The molecule has 2 atom stereocenters. The molecule has 0 bridgehead atoms. The largest absolute Gasteiger partial charge is 0.381 e. The van der Waals surface area contributed by atoms with Gasteiger partial charge in [-0.1, -0.05) is 22.4 Å². The van der Waals surface area contributed by atoms with E-state index in [2.05, 4.69) is 21.2 Å². The molecule has 0 saturated heterocycles. The van der Waals surface area contributed by atoms with Crippen LogP contribution < -0.4 is 16.8 Å². The maximum Gasteiger partial charge on any atom is 0.250 e. The summed E-state index contributed by atoms with van der Waals surface area (Å²) in [5.41, 5.74) is 12.5. The van der Waals surface area contributed by atoms with Gasteiger partial charge in [0, 0.05) is 16.2 Å². The number of nitrogens with two attached hydrogens (primary N) is 2. The van der Waals surface area contributed by atoms with Crippen molar-refractivity contribution in [2.75, 3.05) is 11.9 Å². The van der Waals surface area contributed by atoms with E-state index in [1.54, 1.807) is 6.07 Å². The molecule has 1 aromatic carbocycles. The summed E-state index contributed by atoms with van der Waals surface area (Å²) in [4.78, 5) is 11.4. The van der Waals surface area contributed by atoms with Gasteiger partial charge in [0.25, 0.3) is 5.91 Å². The molecule has 1 fully saturated rings. The van der Waals surface area contributed by atoms with Crippen molar-refractivity contribution in [2.24, 2.45) is 17.4 Å². The Labute approximate surface area is 115 Å². The molecule has 2 unspecified atom stereocenters. The third-order valence-corrected chi connectivity index (χ3v) is 4.04. The first kappa shape index (κ1) is 13.4. The minimum Gasteiger partial charge on any atom is -0.381 e. The normalized spacial score (nSPS) is 23.0. The van der Waals surface area contributed by atoms with Crippen LogP contribution in [-0.4, -0.2) is 18.5 Å². The first-order chi connectivity index (χ1) is 8.61. The van der Waals surface area contributed by atoms with Gasteiger partial charge >= 0.3 is 0 Å². The summed E-state index contributed by atoms with van der Waals surface area (Å²) < 4.78 is 0.851. The fourth-order valence-corrected chi connectivity index (χ4v) is 2.92. The number of carbonyl (C=O) groups is 1. The molecule has 18 heavy (non-hydrogen) atoms. The highest BCUT2D eigenvalue weighted by molar-refractivity contribution is 9.10. The van der Waals surface area contributed by atoms with Gasteiger partial charge in [-0.2, -0.15) is 0 Å². The second kappa shape index (κ2) is 5.71. The van der Waals surface area contributed by atoms with Gasteiger partial charge in [0.2, 0.25) is 0 Å². The number of benzene rings is 1. The zero-order chi connectivity index (χ0) is 13.1. The average molecular weight is 312 g/mol. The predicted molar refractivity (Wildman–Crippen MR) is 76.5 cm³/mol. The van der Waals surface area contributed by atoms with E-state index in [9.17, 15) is 4.79 Å². The van der Waals surface area contributed by atoms with Crippen molar-refractivity contribution in [3.63, 3.8) is 0 Å². The Bertz CT molecular complexity index is 450. The van der Waals surface area contributed by atoms with Crippen LogP contribution >= 0.6 is 15.9 Å². The maximum absolute atomic E-state index is 11.4. The van der Waals surface area contributed by atoms with Crippen molar-refractivity contribution in [3.05, 3.63) is 28.2 Å². The number of rotatable bonds is 4. The Balaban J connectivity index is 2.20. The summed E-state index contributed by atoms with van der Waals surface area (Å²) >= 11 is 3.35. The van der Waals surface area contributed by atoms with Crippen LogP contribution in [0.3, 0.4) is 0 Å². The van der Waals surface area contributed by atoms with Gasteiger partial charge in [-0.25, -0.2) is 0 Å². The predicted octanol–water partition coefficient (Wildman–Crippen LogP) is 2.09. The Kier molecular flexibility index (Phi) is 4.24. The average Bonchev–Trinajstić information content (AvgIpc) is 2.78. The van der Waals surface area contributed by atoms with Gasteiger partial charge < -0.3 is 16.8 Å². The van der Waals surface area contributed by atoms with E-state index in [-0.39, 0.29) is 0 Å². The minimum absolute atomic E-state index is 0.342. The Morgan fingerprint density at radius 2 is 2.22 bits per heavy atom. The van der Waals surface area contributed by atoms with E-state index in [1.165, 1.54) is 6.42 Å². The van der Waals surface area contributed by atoms with E-state index in [0.717, 1.165) is 23.0 Å². The van der Waals surface area contributed by atoms with Gasteiger partial charge in [0.1, 0.15) is 0 Å². The summed E-state index contributed by atoms with van der Waals surface area (Å²) in [6, 6.07) is 5.88. The van der Waals surface area contributed by atoms with E-state index in [1.807, 2.05) is 12.1 Å². The highest BCUT2D eigenvalue weighted by Gasteiger charge is 2.26. The van der Waals surface area contributed by atoms with Crippen molar-refractivity contribution < 1.29 is 4.79 Å². The number of hydrogen-bond acceptors (Lipinski definition) is 3. The number of halogens is 1. The topological polar surface area (TPSA) is 81.1 Å². The lowest BCUT2D eigenvalue weighted by molar-refractivity contribution is 0.100. The molecule has 1 saturated carbocycles. The molecule has 0 aromatic heterocycles. The monoisotopic (exact) mass is 311 g/mol. The number of carbonyl (C=O) groups excluding carboxylic acids is 1. The summed E-state index contributed by atoms with van der Waals surface area (Å²) in [6.07, 6.45) is 3.43. The van der Waals surface area contributed by atoms with Crippen molar-refractivity contribution in [3.8, 4) is 0 Å². The second-order valence-electron chi connectivity index (χ2n) is 4.73.